The van der Waals surface area contributed by atoms with Crippen LogP contribution in [0.5, 0.6) is 5.75 Å². The van der Waals surface area contributed by atoms with Crippen molar-refractivity contribution in [3.63, 3.8) is 0 Å². The zero-order chi connectivity index (χ0) is 26.6. The number of benzene rings is 3. The van der Waals surface area contributed by atoms with Crippen LogP contribution in [-0.4, -0.2) is 37.0 Å². The van der Waals surface area contributed by atoms with Crippen LogP contribution in [0, 0.1) is 0 Å². The molecule has 10 nitrogen and oxygen atoms in total. The van der Waals surface area contributed by atoms with Gasteiger partial charge in [0.2, 0.25) is 5.43 Å². The molecule has 1 heterocycles. The van der Waals surface area contributed by atoms with Crippen LogP contribution in [0.2, 0.25) is 0 Å². The molecule has 0 aliphatic rings. The first-order chi connectivity index (χ1) is 17.7. The molecule has 4 rings (SSSR count). The Labute approximate surface area is 212 Å². The molecule has 0 bridgehead atoms. The molecule has 1 aromatic heterocycles. The van der Waals surface area contributed by atoms with Gasteiger partial charge >= 0.3 is 5.97 Å². The van der Waals surface area contributed by atoms with E-state index in [1.165, 1.54) is 36.4 Å². The number of anilines is 2. The van der Waals surface area contributed by atoms with Gasteiger partial charge in [0.1, 0.15) is 11.3 Å². The van der Waals surface area contributed by atoms with E-state index in [9.17, 15) is 22.8 Å². The number of rotatable bonds is 9. The number of sulfonamides is 1. The first kappa shape index (κ1) is 25.5. The molecule has 37 heavy (non-hydrogen) atoms. The second-order valence-electron chi connectivity index (χ2n) is 8.03. The maximum atomic E-state index is 12.9. The Morgan fingerprint density at radius 2 is 1.76 bits per heavy atom. The second-order valence-corrected chi connectivity index (χ2v) is 9.71. The van der Waals surface area contributed by atoms with Crippen LogP contribution in [0.15, 0.2) is 82.6 Å². The van der Waals surface area contributed by atoms with Crippen LogP contribution >= 0.6 is 0 Å². The van der Waals surface area contributed by atoms with Crippen molar-refractivity contribution in [1.82, 2.24) is 4.98 Å². The monoisotopic (exact) mass is 521 g/mol. The smallest absolute Gasteiger partial charge is 0.341 e. The second kappa shape index (κ2) is 10.5. The van der Waals surface area contributed by atoms with E-state index >= 15 is 0 Å². The van der Waals surface area contributed by atoms with E-state index in [1.54, 1.807) is 24.3 Å². The quantitative estimate of drug-likeness (QED) is 0.259. The number of ether oxygens (including phenoxy) is 1. The molecule has 190 valence electrons. The molecular formula is C26H23N3O7S. The highest BCUT2D eigenvalue weighted by atomic mass is 32.2. The Morgan fingerprint density at radius 3 is 2.46 bits per heavy atom. The van der Waals surface area contributed by atoms with Crippen molar-refractivity contribution in [3.8, 4) is 5.75 Å². The van der Waals surface area contributed by atoms with E-state index in [0.29, 0.717) is 29.1 Å². The van der Waals surface area contributed by atoms with Crippen LogP contribution in [0.25, 0.3) is 10.9 Å². The Morgan fingerprint density at radius 1 is 1.03 bits per heavy atom. The number of aromatic carboxylic acids is 1. The number of amides is 1. The van der Waals surface area contributed by atoms with Gasteiger partial charge in [-0.2, -0.15) is 0 Å². The van der Waals surface area contributed by atoms with Gasteiger partial charge in [0.25, 0.3) is 15.9 Å². The number of carboxylic acids is 1. The van der Waals surface area contributed by atoms with Crippen molar-refractivity contribution in [3.05, 3.63) is 94.3 Å². The van der Waals surface area contributed by atoms with Crippen LogP contribution in [0.1, 0.15) is 34.1 Å². The fraction of sp³-hybridized carbons (Fsp3) is 0.115. The Kier molecular flexibility index (Phi) is 7.25. The first-order valence-corrected chi connectivity index (χ1v) is 12.7. The number of aromatic amines is 1. The summed E-state index contributed by atoms with van der Waals surface area (Å²) in [5.74, 6) is -1.27. The van der Waals surface area contributed by atoms with Crippen LogP contribution in [-0.2, 0) is 10.0 Å². The number of H-pyrrole nitrogens is 1. The maximum Gasteiger partial charge on any atom is 0.341 e. The third kappa shape index (κ3) is 5.62. The van der Waals surface area contributed by atoms with Gasteiger partial charge in [0.05, 0.1) is 17.2 Å². The molecule has 0 aliphatic heterocycles. The molecule has 0 atom stereocenters. The van der Waals surface area contributed by atoms with Gasteiger partial charge in [-0.1, -0.05) is 19.1 Å². The first-order valence-electron chi connectivity index (χ1n) is 11.2. The number of hydrogen-bond acceptors (Lipinski definition) is 6. The van der Waals surface area contributed by atoms with Crippen LogP contribution in [0.3, 0.4) is 0 Å². The van der Waals surface area contributed by atoms with E-state index < -0.39 is 32.9 Å². The normalized spacial score (nSPS) is 11.2. The van der Waals surface area contributed by atoms with Gasteiger partial charge < -0.3 is 20.1 Å². The van der Waals surface area contributed by atoms with E-state index in [2.05, 4.69) is 15.0 Å². The highest BCUT2D eigenvalue weighted by molar-refractivity contribution is 7.92. The van der Waals surface area contributed by atoms with Gasteiger partial charge in [0, 0.05) is 28.4 Å². The number of aromatic nitrogens is 1. The molecule has 11 heteroatoms. The van der Waals surface area contributed by atoms with E-state index in [-0.39, 0.29) is 16.0 Å². The van der Waals surface area contributed by atoms with Crippen LogP contribution < -0.4 is 20.2 Å². The number of pyridine rings is 1. The minimum Gasteiger partial charge on any atom is -0.491 e. The van der Waals surface area contributed by atoms with E-state index in [4.69, 9.17) is 9.84 Å². The lowest BCUT2D eigenvalue weighted by Crippen LogP contribution is -2.17. The average molecular weight is 522 g/mol. The summed E-state index contributed by atoms with van der Waals surface area (Å²) in [7, 11) is -4.12. The van der Waals surface area contributed by atoms with Crippen molar-refractivity contribution in [2.75, 3.05) is 16.6 Å². The SMILES string of the molecule is CCCOc1ccccc1NC(=O)c1ccc(NS(=O)(=O)c2ccc3[nH]cc(C(=O)O)c(=O)c3c2)cc1. The maximum absolute atomic E-state index is 12.9. The highest BCUT2D eigenvalue weighted by Gasteiger charge is 2.18. The summed E-state index contributed by atoms with van der Waals surface area (Å²) in [5, 5.41) is 11.9. The summed E-state index contributed by atoms with van der Waals surface area (Å²) in [4.78, 5) is 38.9. The van der Waals surface area contributed by atoms with Crippen molar-refractivity contribution < 1.29 is 27.9 Å². The topological polar surface area (TPSA) is 155 Å². The number of nitrogens with one attached hydrogen (secondary N) is 3. The fourth-order valence-corrected chi connectivity index (χ4v) is 4.61. The Bertz CT molecular complexity index is 1650. The number of carbonyl (C=O) groups is 2. The molecule has 1 amide bonds. The van der Waals surface area contributed by atoms with Crippen molar-refractivity contribution >= 4 is 44.2 Å². The Balaban J connectivity index is 1.52. The van der Waals surface area contributed by atoms with Crippen molar-refractivity contribution in [2.24, 2.45) is 0 Å². The molecule has 3 aromatic carbocycles. The third-order valence-electron chi connectivity index (χ3n) is 5.39. The van der Waals surface area contributed by atoms with Gasteiger partial charge in [-0.25, -0.2) is 13.2 Å². The molecule has 0 radical (unpaired) electrons. The molecule has 4 N–H and O–H groups in total. The zero-order valence-corrected chi connectivity index (χ0v) is 20.5. The van der Waals surface area contributed by atoms with Crippen molar-refractivity contribution in [2.45, 2.75) is 18.2 Å². The lowest BCUT2D eigenvalue weighted by atomic mass is 10.1. The zero-order valence-electron chi connectivity index (χ0n) is 19.6. The van der Waals surface area contributed by atoms with Crippen molar-refractivity contribution in [1.29, 1.82) is 0 Å². The largest absolute Gasteiger partial charge is 0.491 e. The number of hydrogen-bond donors (Lipinski definition) is 4. The minimum absolute atomic E-state index is 0.0713. The minimum atomic E-state index is -4.12. The van der Waals surface area contributed by atoms with E-state index in [0.717, 1.165) is 18.7 Å². The molecule has 0 saturated heterocycles. The summed E-state index contributed by atoms with van der Waals surface area (Å²) in [6.07, 6.45) is 1.88. The third-order valence-corrected chi connectivity index (χ3v) is 6.77. The van der Waals surface area contributed by atoms with Gasteiger partial charge in [0.15, 0.2) is 0 Å². The molecule has 0 aliphatic carbocycles. The number of para-hydroxylation sites is 2. The molecule has 0 fully saturated rings. The van der Waals surface area contributed by atoms with Gasteiger partial charge in [-0.15, -0.1) is 0 Å². The standard InChI is InChI=1S/C26H23N3O7S/c1-2-13-36-23-6-4-3-5-22(23)28-25(31)16-7-9-17(10-8-16)29-37(34,35)18-11-12-21-19(14-18)24(30)20(15-27-21)26(32)33/h3-12,14-15,29H,2,13H2,1H3,(H,27,30)(H,28,31)(H,32,33). The van der Waals surface area contributed by atoms with Crippen LogP contribution in [0.4, 0.5) is 11.4 Å². The Hall–Kier alpha value is -4.64. The molecule has 4 aromatic rings. The average Bonchev–Trinajstić information content (AvgIpc) is 2.88. The molecule has 0 unspecified atom stereocenters. The summed E-state index contributed by atoms with van der Waals surface area (Å²) in [6, 6.07) is 16.6. The predicted molar refractivity (Wildman–Crippen MR) is 139 cm³/mol. The molecule has 0 saturated carbocycles. The molecular weight excluding hydrogens is 498 g/mol. The summed E-state index contributed by atoms with van der Waals surface area (Å²) < 4.78 is 33.9. The number of carboxylic acid groups (broad SMARTS) is 1. The summed E-state index contributed by atoms with van der Waals surface area (Å²) in [6.45, 7) is 2.49. The number of fused-ring (bicyclic) bond motifs is 1. The summed E-state index contributed by atoms with van der Waals surface area (Å²) in [5.41, 5.74) is 0.0102. The van der Waals surface area contributed by atoms with Gasteiger partial charge in [-0.05, 0) is 61.0 Å². The fourth-order valence-electron chi connectivity index (χ4n) is 3.53. The predicted octanol–water partition coefficient (Wildman–Crippen LogP) is 4.07. The lowest BCUT2D eigenvalue weighted by Gasteiger charge is -2.12. The van der Waals surface area contributed by atoms with Gasteiger partial charge in [-0.3, -0.25) is 14.3 Å². The highest BCUT2D eigenvalue weighted by Crippen LogP contribution is 2.25. The molecule has 0 spiro atoms. The lowest BCUT2D eigenvalue weighted by molar-refractivity contribution is 0.0695. The van der Waals surface area contributed by atoms with E-state index in [1.807, 2.05) is 6.92 Å². The number of carbonyl (C=O) groups excluding carboxylic acids is 1. The summed E-state index contributed by atoms with van der Waals surface area (Å²) >= 11 is 0.